The maximum atomic E-state index is 12.2. The molecule has 0 aliphatic rings. The third-order valence-corrected chi connectivity index (χ3v) is 2.71. The van der Waals surface area contributed by atoms with Gasteiger partial charge in [0.05, 0.1) is 0 Å². The molecule has 0 aliphatic heterocycles. The summed E-state index contributed by atoms with van der Waals surface area (Å²) in [5, 5.41) is 57.1. The second-order valence-electron chi connectivity index (χ2n) is 3.99. The predicted molar refractivity (Wildman–Crippen MR) is 66.3 cm³/mol. The van der Waals surface area contributed by atoms with Gasteiger partial charge in [-0.15, -0.1) is 0 Å². The van der Waals surface area contributed by atoms with Crippen LogP contribution in [0.2, 0.25) is 0 Å². The van der Waals surface area contributed by atoms with E-state index >= 15 is 0 Å². The lowest BCUT2D eigenvalue weighted by Crippen LogP contribution is -2.03. The first-order valence-corrected chi connectivity index (χ1v) is 5.37. The Morgan fingerprint density at radius 1 is 0.700 bits per heavy atom. The summed E-state index contributed by atoms with van der Waals surface area (Å²) in [6, 6.07) is 4.15. The topological polar surface area (TPSA) is 138 Å². The summed E-state index contributed by atoms with van der Waals surface area (Å²) in [6.45, 7) is 0. The van der Waals surface area contributed by atoms with E-state index < -0.39 is 51.4 Å². The Hall–Kier alpha value is -3.09. The smallest absolute Gasteiger partial charge is 0.208 e. The molecule has 2 aromatic rings. The van der Waals surface area contributed by atoms with Crippen molar-refractivity contribution in [3.05, 3.63) is 35.4 Å². The normalized spacial score (nSPS) is 10.4. The highest BCUT2D eigenvalue weighted by Gasteiger charge is 2.27. The standard InChI is InChI=1S/C13H10O7/c14-5-2-1-3-6(15)9(5)13(20)10-11(18)7(16)4-8(17)12(10)19/h1-4,14-19H. The van der Waals surface area contributed by atoms with Gasteiger partial charge in [-0.3, -0.25) is 4.79 Å². The predicted octanol–water partition coefficient (Wildman–Crippen LogP) is 1.15. The van der Waals surface area contributed by atoms with E-state index in [-0.39, 0.29) is 0 Å². The molecule has 0 unspecified atom stereocenters. The average molecular weight is 278 g/mol. The van der Waals surface area contributed by atoms with Gasteiger partial charge in [0.2, 0.25) is 5.78 Å². The second kappa shape index (κ2) is 4.54. The van der Waals surface area contributed by atoms with Crippen molar-refractivity contribution >= 4 is 5.78 Å². The molecule has 0 fully saturated rings. The highest BCUT2D eigenvalue weighted by atomic mass is 16.3. The average Bonchev–Trinajstić information content (AvgIpc) is 2.36. The first-order chi connectivity index (χ1) is 9.34. The Morgan fingerprint density at radius 3 is 1.60 bits per heavy atom. The fourth-order valence-corrected chi connectivity index (χ4v) is 1.74. The minimum atomic E-state index is -1.16. The Kier molecular flexibility index (Phi) is 3.03. The van der Waals surface area contributed by atoms with Crippen LogP contribution in [-0.2, 0) is 0 Å². The summed E-state index contributed by atoms with van der Waals surface area (Å²) < 4.78 is 0. The van der Waals surface area contributed by atoms with Crippen LogP contribution in [-0.4, -0.2) is 36.4 Å². The first kappa shape index (κ1) is 13.3. The number of carbonyl (C=O) groups is 1. The molecule has 0 amide bonds. The van der Waals surface area contributed by atoms with E-state index in [0.29, 0.717) is 6.07 Å². The molecular formula is C13H10O7. The SMILES string of the molecule is O=C(c1c(O)cccc1O)c1c(O)c(O)cc(O)c1O. The van der Waals surface area contributed by atoms with E-state index in [2.05, 4.69) is 0 Å². The van der Waals surface area contributed by atoms with E-state index in [4.69, 9.17) is 0 Å². The van der Waals surface area contributed by atoms with Crippen molar-refractivity contribution in [3.8, 4) is 34.5 Å². The molecule has 7 nitrogen and oxygen atoms in total. The molecule has 0 radical (unpaired) electrons. The van der Waals surface area contributed by atoms with Crippen LogP contribution >= 0.6 is 0 Å². The number of rotatable bonds is 2. The molecular weight excluding hydrogens is 268 g/mol. The fourth-order valence-electron chi connectivity index (χ4n) is 1.74. The van der Waals surface area contributed by atoms with Crippen LogP contribution < -0.4 is 0 Å². The number of aromatic hydroxyl groups is 6. The molecule has 6 N–H and O–H groups in total. The highest BCUT2D eigenvalue weighted by molar-refractivity contribution is 6.16. The second-order valence-corrected chi connectivity index (χ2v) is 3.99. The Bertz CT molecular complexity index is 660. The van der Waals surface area contributed by atoms with Gasteiger partial charge in [0.25, 0.3) is 0 Å². The van der Waals surface area contributed by atoms with Gasteiger partial charge < -0.3 is 30.6 Å². The van der Waals surface area contributed by atoms with Crippen LogP contribution in [0.5, 0.6) is 34.5 Å². The van der Waals surface area contributed by atoms with Gasteiger partial charge in [0, 0.05) is 6.07 Å². The molecule has 104 valence electrons. The zero-order valence-electron chi connectivity index (χ0n) is 9.90. The van der Waals surface area contributed by atoms with Crippen LogP contribution in [0.25, 0.3) is 0 Å². The van der Waals surface area contributed by atoms with Gasteiger partial charge in [-0.25, -0.2) is 0 Å². The van der Waals surface area contributed by atoms with Gasteiger partial charge in [-0.1, -0.05) is 6.07 Å². The van der Waals surface area contributed by atoms with Crippen molar-refractivity contribution in [2.75, 3.05) is 0 Å². The summed E-state index contributed by atoms with van der Waals surface area (Å²) in [4.78, 5) is 12.2. The zero-order chi connectivity index (χ0) is 15.0. The van der Waals surface area contributed by atoms with E-state index in [0.717, 1.165) is 12.1 Å². The number of hydrogen-bond donors (Lipinski definition) is 6. The molecule has 0 heterocycles. The molecule has 20 heavy (non-hydrogen) atoms. The number of ketones is 1. The van der Waals surface area contributed by atoms with Crippen LogP contribution in [0.4, 0.5) is 0 Å². The molecule has 2 aromatic carbocycles. The van der Waals surface area contributed by atoms with E-state index in [1.165, 1.54) is 6.07 Å². The van der Waals surface area contributed by atoms with Gasteiger partial charge in [0.15, 0.2) is 23.0 Å². The fraction of sp³-hybridized carbons (Fsp3) is 0. The van der Waals surface area contributed by atoms with Gasteiger partial charge in [-0.05, 0) is 12.1 Å². The van der Waals surface area contributed by atoms with Crippen molar-refractivity contribution < 1.29 is 35.4 Å². The summed E-state index contributed by atoms with van der Waals surface area (Å²) in [6.07, 6.45) is 0. The summed E-state index contributed by atoms with van der Waals surface area (Å²) >= 11 is 0. The minimum absolute atomic E-state index is 0.580. The lowest BCUT2D eigenvalue weighted by atomic mass is 9.99. The van der Waals surface area contributed by atoms with Crippen molar-refractivity contribution in [2.45, 2.75) is 0 Å². The molecule has 2 rings (SSSR count). The lowest BCUT2D eigenvalue weighted by Gasteiger charge is -2.11. The first-order valence-electron chi connectivity index (χ1n) is 5.37. The molecule has 0 aromatic heterocycles. The van der Waals surface area contributed by atoms with Gasteiger partial charge in [0.1, 0.15) is 22.6 Å². The van der Waals surface area contributed by atoms with Crippen molar-refractivity contribution in [1.82, 2.24) is 0 Å². The van der Waals surface area contributed by atoms with Crippen molar-refractivity contribution in [3.63, 3.8) is 0 Å². The Labute approximate surface area is 112 Å². The zero-order valence-corrected chi connectivity index (χ0v) is 9.90. The highest BCUT2D eigenvalue weighted by Crippen LogP contribution is 2.44. The Morgan fingerprint density at radius 2 is 1.15 bits per heavy atom. The summed E-state index contributed by atoms with van der Waals surface area (Å²) in [5.74, 6) is -5.96. The van der Waals surface area contributed by atoms with Crippen molar-refractivity contribution in [1.29, 1.82) is 0 Å². The molecule has 0 atom stereocenters. The van der Waals surface area contributed by atoms with Crippen LogP contribution in [0.1, 0.15) is 15.9 Å². The van der Waals surface area contributed by atoms with E-state index in [1.807, 2.05) is 0 Å². The maximum Gasteiger partial charge on any atom is 0.208 e. The molecule has 0 bridgehead atoms. The Balaban J connectivity index is 2.72. The van der Waals surface area contributed by atoms with Crippen LogP contribution in [0, 0.1) is 0 Å². The van der Waals surface area contributed by atoms with E-state index in [9.17, 15) is 35.4 Å². The third-order valence-electron chi connectivity index (χ3n) is 2.71. The molecule has 0 spiro atoms. The molecule has 0 saturated heterocycles. The lowest BCUT2D eigenvalue weighted by molar-refractivity contribution is 0.102. The van der Waals surface area contributed by atoms with Crippen LogP contribution in [0.3, 0.4) is 0 Å². The minimum Gasteiger partial charge on any atom is -0.507 e. The van der Waals surface area contributed by atoms with E-state index in [1.54, 1.807) is 0 Å². The monoisotopic (exact) mass is 278 g/mol. The van der Waals surface area contributed by atoms with Gasteiger partial charge in [-0.2, -0.15) is 0 Å². The molecule has 7 heteroatoms. The summed E-state index contributed by atoms with van der Waals surface area (Å²) in [5.41, 5.74) is -1.41. The van der Waals surface area contributed by atoms with Crippen LogP contribution in [0.15, 0.2) is 24.3 Å². The van der Waals surface area contributed by atoms with Gasteiger partial charge >= 0.3 is 0 Å². The number of carbonyl (C=O) groups excluding carboxylic acids is 1. The van der Waals surface area contributed by atoms with Crippen molar-refractivity contribution in [2.24, 2.45) is 0 Å². The molecule has 0 aliphatic carbocycles. The largest absolute Gasteiger partial charge is 0.507 e. The number of benzene rings is 2. The summed E-state index contributed by atoms with van der Waals surface area (Å²) in [7, 11) is 0. The third kappa shape index (κ3) is 1.91. The molecule has 0 saturated carbocycles. The number of phenolic OH excluding ortho intramolecular Hbond substituents is 6. The maximum absolute atomic E-state index is 12.2. The quantitative estimate of drug-likeness (QED) is 0.275. The number of phenols is 6. The number of hydrogen-bond acceptors (Lipinski definition) is 7.